The molecule has 1 atom stereocenters. The SMILES string of the molecule is CCNC(=NCC1(c2ccc(F)cc2)CCOCC1)NCC1CCCN1CC. The van der Waals surface area contributed by atoms with E-state index < -0.39 is 0 Å². The number of aliphatic imine (C=N–C) groups is 1. The fraction of sp³-hybridized carbons (Fsp3) is 0.682. The highest BCUT2D eigenvalue weighted by Gasteiger charge is 2.34. The fourth-order valence-electron chi connectivity index (χ4n) is 4.43. The van der Waals surface area contributed by atoms with Crippen molar-refractivity contribution in [3.63, 3.8) is 0 Å². The first-order chi connectivity index (χ1) is 13.7. The molecule has 5 nitrogen and oxygen atoms in total. The molecule has 1 unspecified atom stereocenters. The van der Waals surface area contributed by atoms with Gasteiger partial charge in [0.25, 0.3) is 0 Å². The van der Waals surface area contributed by atoms with Gasteiger partial charge in [-0.2, -0.15) is 0 Å². The summed E-state index contributed by atoms with van der Waals surface area (Å²) in [7, 11) is 0. The van der Waals surface area contributed by atoms with Gasteiger partial charge in [0.1, 0.15) is 5.82 Å². The van der Waals surface area contributed by atoms with Crippen molar-refractivity contribution in [3.8, 4) is 0 Å². The first-order valence-corrected chi connectivity index (χ1v) is 10.8. The van der Waals surface area contributed by atoms with Gasteiger partial charge in [-0.05, 0) is 63.4 Å². The lowest BCUT2D eigenvalue weighted by Gasteiger charge is -2.36. The van der Waals surface area contributed by atoms with Crippen LogP contribution in [0.15, 0.2) is 29.3 Å². The number of nitrogens with zero attached hydrogens (tertiary/aromatic N) is 2. The van der Waals surface area contributed by atoms with Crippen molar-refractivity contribution in [2.24, 2.45) is 4.99 Å². The molecule has 0 aliphatic carbocycles. The Morgan fingerprint density at radius 1 is 1.21 bits per heavy atom. The maximum atomic E-state index is 13.4. The van der Waals surface area contributed by atoms with Crippen molar-refractivity contribution in [2.45, 2.75) is 51.0 Å². The van der Waals surface area contributed by atoms with Crippen molar-refractivity contribution in [3.05, 3.63) is 35.6 Å². The van der Waals surface area contributed by atoms with Gasteiger partial charge in [-0.1, -0.05) is 19.1 Å². The van der Waals surface area contributed by atoms with Crippen LogP contribution in [0.4, 0.5) is 4.39 Å². The average Bonchev–Trinajstić information content (AvgIpc) is 3.19. The Bertz CT molecular complexity index is 628. The van der Waals surface area contributed by atoms with E-state index in [1.54, 1.807) is 12.1 Å². The number of hydrogen-bond acceptors (Lipinski definition) is 3. The molecule has 1 aromatic carbocycles. The molecule has 0 bridgehead atoms. The summed E-state index contributed by atoms with van der Waals surface area (Å²) in [6.45, 7) is 10.5. The molecule has 156 valence electrons. The van der Waals surface area contributed by atoms with Crippen molar-refractivity contribution >= 4 is 5.96 Å². The van der Waals surface area contributed by atoms with Crippen molar-refractivity contribution in [1.29, 1.82) is 0 Å². The fourth-order valence-corrected chi connectivity index (χ4v) is 4.43. The molecule has 2 aliphatic heterocycles. The highest BCUT2D eigenvalue weighted by Crippen LogP contribution is 2.35. The molecule has 0 aromatic heterocycles. The minimum atomic E-state index is -0.193. The van der Waals surface area contributed by atoms with Crippen LogP contribution in [0.1, 0.15) is 45.1 Å². The molecule has 0 amide bonds. The molecule has 2 heterocycles. The second-order valence-electron chi connectivity index (χ2n) is 7.90. The Balaban J connectivity index is 1.70. The highest BCUT2D eigenvalue weighted by molar-refractivity contribution is 5.79. The second kappa shape index (κ2) is 10.2. The molecule has 0 spiro atoms. The van der Waals surface area contributed by atoms with Gasteiger partial charge in [0.05, 0.1) is 6.54 Å². The summed E-state index contributed by atoms with van der Waals surface area (Å²) >= 11 is 0. The number of likely N-dealkylation sites (tertiary alicyclic amines) is 1. The third-order valence-corrected chi connectivity index (χ3v) is 6.20. The Morgan fingerprint density at radius 3 is 2.64 bits per heavy atom. The summed E-state index contributed by atoms with van der Waals surface area (Å²) in [5.74, 6) is 0.680. The summed E-state index contributed by atoms with van der Waals surface area (Å²) in [5.41, 5.74) is 1.07. The molecule has 0 radical (unpaired) electrons. The van der Waals surface area contributed by atoms with Gasteiger partial charge in [0, 0.05) is 37.8 Å². The van der Waals surface area contributed by atoms with Crippen LogP contribution < -0.4 is 10.6 Å². The zero-order valence-electron chi connectivity index (χ0n) is 17.3. The van der Waals surface area contributed by atoms with Crippen LogP contribution in [0.2, 0.25) is 0 Å². The third kappa shape index (κ3) is 5.23. The topological polar surface area (TPSA) is 48.9 Å². The number of hydrogen-bond donors (Lipinski definition) is 2. The van der Waals surface area contributed by atoms with Crippen LogP contribution in [0.5, 0.6) is 0 Å². The monoisotopic (exact) mass is 390 g/mol. The Kier molecular flexibility index (Phi) is 7.68. The number of ether oxygens (including phenoxy) is 1. The number of rotatable bonds is 7. The lowest BCUT2D eigenvalue weighted by atomic mass is 9.74. The largest absolute Gasteiger partial charge is 0.381 e. The number of nitrogens with one attached hydrogen (secondary N) is 2. The van der Waals surface area contributed by atoms with E-state index in [9.17, 15) is 4.39 Å². The Labute approximate surface area is 168 Å². The van der Waals surface area contributed by atoms with Gasteiger partial charge in [-0.15, -0.1) is 0 Å². The molecule has 1 aromatic rings. The molecule has 2 aliphatic rings. The molecule has 28 heavy (non-hydrogen) atoms. The molecule has 3 rings (SSSR count). The Hall–Kier alpha value is -1.66. The summed E-state index contributed by atoms with van der Waals surface area (Å²) in [6.07, 6.45) is 4.35. The number of likely N-dealkylation sites (N-methyl/N-ethyl adjacent to an activating group) is 1. The van der Waals surface area contributed by atoms with E-state index >= 15 is 0 Å². The maximum Gasteiger partial charge on any atom is 0.191 e. The quantitative estimate of drug-likeness (QED) is 0.555. The van der Waals surface area contributed by atoms with Gasteiger partial charge in [-0.25, -0.2) is 4.39 Å². The van der Waals surface area contributed by atoms with Crippen LogP contribution in [-0.4, -0.2) is 62.8 Å². The van der Waals surface area contributed by atoms with Gasteiger partial charge in [-0.3, -0.25) is 9.89 Å². The van der Waals surface area contributed by atoms with E-state index in [1.807, 2.05) is 12.1 Å². The summed E-state index contributed by atoms with van der Waals surface area (Å²) < 4.78 is 19.0. The average molecular weight is 391 g/mol. The van der Waals surface area contributed by atoms with E-state index in [0.717, 1.165) is 57.2 Å². The minimum absolute atomic E-state index is 0.0862. The van der Waals surface area contributed by atoms with E-state index in [2.05, 4.69) is 29.4 Å². The molecule has 2 saturated heterocycles. The normalized spacial score (nSPS) is 23.0. The Morgan fingerprint density at radius 2 is 1.96 bits per heavy atom. The van der Waals surface area contributed by atoms with Crippen molar-refractivity contribution < 1.29 is 9.13 Å². The van der Waals surface area contributed by atoms with Gasteiger partial charge in [0.15, 0.2) is 5.96 Å². The lowest BCUT2D eigenvalue weighted by molar-refractivity contribution is 0.0531. The third-order valence-electron chi connectivity index (χ3n) is 6.20. The predicted octanol–water partition coefficient (Wildman–Crippen LogP) is 2.91. The molecule has 0 saturated carbocycles. The summed E-state index contributed by atoms with van der Waals surface area (Å²) in [4.78, 5) is 7.48. The molecule has 2 fully saturated rings. The van der Waals surface area contributed by atoms with Gasteiger partial charge in [0.2, 0.25) is 0 Å². The molecular weight excluding hydrogens is 355 g/mol. The number of benzene rings is 1. The van der Waals surface area contributed by atoms with Gasteiger partial charge < -0.3 is 15.4 Å². The summed E-state index contributed by atoms with van der Waals surface area (Å²) in [6, 6.07) is 7.52. The number of guanidine groups is 1. The standard InChI is InChI=1S/C22H35FN4O/c1-3-24-21(25-16-20-6-5-13-27(20)4-2)26-17-22(11-14-28-15-12-22)18-7-9-19(23)10-8-18/h7-10,20H,3-6,11-17H2,1-2H3,(H2,24,25,26). The van der Waals surface area contributed by atoms with Crippen LogP contribution in [0.25, 0.3) is 0 Å². The first kappa shape index (κ1) is 21.1. The lowest BCUT2D eigenvalue weighted by Crippen LogP contribution is -2.46. The van der Waals surface area contributed by atoms with Crippen LogP contribution >= 0.6 is 0 Å². The van der Waals surface area contributed by atoms with Gasteiger partial charge >= 0.3 is 0 Å². The molecule has 6 heteroatoms. The van der Waals surface area contributed by atoms with E-state index in [1.165, 1.54) is 19.4 Å². The van der Waals surface area contributed by atoms with Crippen molar-refractivity contribution in [1.82, 2.24) is 15.5 Å². The maximum absolute atomic E-state index is 13.4. The zero-order valence-corrected chi connectivity index (χ0v) is 17.3. The van der Waals surface area contributed by atoms with Crippen LogP contribution in [0, 0.1) is 5.82 Å². The number of halogens is 1. The second-order valence-corrected chi connectivity index (χ2v) is 7.90. The molecule has 2 N–H and O–H groups in total. The predicted molar refractivity (Wildman–Crippen MR) is 112 cm³/mol. The van der Waals surface area contributed by atoms with E-state index in [0.29, 0.717) is 12.6 Å². The molecular formula is C22H35FN4O. The van der Waals surface area contributed by atoms with Crippen molar-refractivity contribution in [2.75, 3.05) is 45.9 Å². The zero-order chi connectivity index (χ0) is 19.8. The van der Waals surface area contributed by atoms with E-state index in [-0.39, 0.29) is 11.2 Å². The van der Waals surface area contributed by atoms with Crippen LogP contribution in [-0.2, 0) is 10.2 Å². The minimum Gasteiger partial charge on any atom is -0.381 e. The van der Waals surface area contributed by atoms with E-state index in [4.69, 9.17) is 9.73 Å². The highest BCUT2D eigenvalue weighted by atomic mass is 19.1. The smallest absolute Gasteiger partial charge is 0.191 e. The van der Waals surface area contributed by atoms with Crippen LogP contribution in [0.3, 0.4) is 0 Å². The summed E-state index contributed by atoms with van der Waals surface area (Å²) in [5, 5.41) is 6.94. The first-order valence-electron chi connectivity index (χ1n) is 10.8.